The van der Waals surface area contributed by atoms with Crippen molar-refractivity contribution in [2.75, 3.05) is 13.2 Å². The number of hydrogen-bond donors (Lipinski definition) is 0. The van der Waals surface area contributed by atoms with Crippen molar-refractivity contribution >= 4 is 0 Å². The summed E-state index contributed by atoms with van der Waals surface area (Å²) in [4.78, 5) is 0. The summed E-state index contributed by atoms with van der Waals surface area (Å²) in [5.41, 5.74) is 6.28. The van der Waals surface area contributed by atoms with E-state index in [1.807, 2.05) is 18.2 Å². The third-order valence-electron chi connectivity index (χ3n) is 8.96. The van der Waals surface area contributed by atoms with Crippen LogP contribution in [0.4, 0.5) is 0 Å². The second-order valence-corrected chi connectivity index (χ2v) is 13.3. The Kier molecular flexibility index (Phi) is 24.0. The van der Waals surface area contributed by atoms with E-state index in [2.05, 4.69) is 87.2 Å². The highest BCUT2D eigenvalue weighted by atomic mass is 16.5. The molecule has 0 heterocycles. The predicted octanol–water partition coefficient (Wildman–Crippen LogP) is 12.4. The van der Waals surface area contributed by atoms with Gasteiger partial charge < -0.3 is 9.47 Å². The highest BCUT2D eigenvalue weighted by Crippen LogP contribution is 2.21. The van der Waals surface area contributed by atoms with E-state index in [9.17, 15) is 0 Å². The van der Waals surface area contributed by atoms with Gasteiger partial charge in [0.1, 0.15) is 5.75 Å². The van der Waals surface area contributed by atoms with Gasteiger partial charge >= 0.3 is 0 Å². The van der Waals surface area contributed by atoms with Gasteiger partial charge in [0.15, 0.2) is 0 Å². The Balaban J connectivity index is 1.90. The zero-order valence-corrected chi connectivity index (χ0v) is 31.8. The van der Waals surface area contributed by atoms with Crippen LogP contribution in [0.1, 0.15) is 176 Å². The maximum Gasteiger partial charge on any atom is 0.135 e. The van der Waals surface area contributed by atoms with Gasteiger partial charge in [-0.05, 0) is 104 Å². The second-order valence-electron chi connectivity index (χ2n) is 13.3. The van der Waals surface area contributed by atoms with E-state index in [-0.39, 0.29) is 0 Å². The summed E-state index contributed by atoms with van der Waals surface area (Å²) in [6, 6.07) is 10.3. The van der Waals surface area contributed by atoms with Gasteiger partial charge in [-0.2, -0.15) is 0 Å². The van der Waals surface area contributed by atoms with Gasteiger partial charge in [0.05, 0.1) is 18.8 Å². The molecule has 0 aliphatic carbocycles. The summed E-state index contributed by atoms with van der Waals surface area (Å²) < 4.78 is 12.2. The molecule has 2 rings (SSSR count). The Hall–Kier alpha value is -3.56. The van der Waals surface area contributed by atoms with E-state index in [1.165, 1.54) is 120 Å². The van der Waals surface area contributed by atoms with Crippen molar-refractivity contribution in [2.45, 2.75) is 163 Å². The first kappa shape index (κ1) is 41.6. The standard InChI is InChI=1S/C47H64O2/c1-6-9-12-14-16-18-20-22-24-29-36-49-47-34-33-43(39-45(47)32-25-11-8-3)30-26-27-31-44-37-41(4)42(5)38-46(44)40-48-35-28-23-21-19-17-15-13-10-7-2/h33-34,37-39H,6-7,9-10,12-24,28-29,35-36,40H2,1-5H3. The Morgan fingerprint density at radius 3 is 1.63 bits per heavy atom. The van der Waals surface area contributed by atoms with E-state index in [1.54, 1.807) is 6.92 Å². The Bertz CT molecular complexity index is 1450. The molecule has 2 nitrogen and oxygen atoms in total. The second kappa shape index (κ2) is 28.3. The number of ether oxygens (including phenoxy) is 2. The third kappa shape index (κ3) is 19.9. The molecule has 0 radical (unpaired) electrons. The molecule has 0 fully saturated rings. The third-order valence-corrected chi connectivity index (χ3v) is 8.96. The molecule has 0 aromatic heterocycles. The van der Waals surface area contributed by atoms with Crippen molar-refractivity contribution < 1.29 is 9.47 Å². The lowest BCUT2D eigenvalue weighted by Gasteiger charge is -2.10. The van der Waals surface area contributed by atoms with Gasteiger partial charge in [0.25, 0.3) is 0 Å². The Morgan fingerprint density at radius 1 is 0.510 bits per heavy atom. The molecule has 264 valence electrons. The lowest BCUT2D eigenvalue weighted by Crippen LogP contribution is -2.00. The summed E-state index contributed by atoms with van der Waals surface area (Å²) in [5, 5.41) is 0. The molecule has 0 unspecified atom stereocenters. The van der Waals surface area contributed by atoms with Gasteiger partial charge in [-0.1, -0.05) is 147 Å². The highest BCUT2D eigenvalue weighted by Gasteiger charge is 2.05. The van der Waals surface area contributed by atoms with Crippen molar-refractivity contribution in [1.82, 2.24) is 0 Å². The van der Waals surface area contributed by atoms with Crippen LogP contribution >= 0.6 is 0 Å². The minimum atomic E-state index is 0.582. The van der Waals surface area contributed by atoms with Crippen molar-refractivity contribution in [3.63, 3.8) is 0 Å². The van der Waals surface area contributed by atoms with Crippen LogP contribution < -0.4 is 4.74 Å². The zero-order valence-electron chi connectivity index (χ0n) is 31.8. The molecule has 0 aliphatic rings. The monoisotopic (exact) mass is 660 g/mol. The van der Waals surface area contributed by atoms with Gasteiger partial charge in [-0.15, -0.1) is 0 Å². The maximum atomic E-state index is 6.15. The van der Waals surface area contributed by atoms with E-state index in [0.29, 0.717) is 13.2 Å². The van der Waals surface area contributed by atoms with Crippen LogP contribution in [0.15, 0.2) is 30.3 Å². The van der Waals surface area contributed by atoms with Crippen LogP contribution in [0.25, 0.3) is 0 Å². The van der Waals surface area contributed by atoms with Crippen LogP contribution in [0.5, 0.6) is 5.75 Å². The quantitative estimate of drug-likeness (QED) is 0.0824. The Labute approximate surface area is 301 Å². The first-order valence-electron chi connectivity index (χ1n) is 19.5. The summed E-state index contributed by atoms with van der Waals surface area (Å²) in [5.74, 6) is 25.2. The summed E-state index contributed by atoms with van der Waals surface area (Å²) in [6.45, 7) is 12.7. The number of benzene rings is 2. The first-order valence-corrected chi connectivity index (χ1v) is 19.5. The van der Waals surface area contributed by atoms with Gasteiger partial charge in [-0.3, -0.25) is 0 Å². The van der Waals surface area contributed by atoms with Crippen LogP contribution in [0, 0.1) is 61.2 Å². The highest BCUT2D eigenvalue weighted by molar-refractivity contribution is 5.55. The number of hydrogen-bond acceptors (Lipinski definition) is 2. The molecule has 2 aromatic carbocycles. The molecule has 2 heteroatoms. The molecule has 0 saturated carbocycles. The Morgan fingerprint density at radius 2 is 1.02 bits per heavy atom. The molecule has 49 heavy (non-hydrogen) atoms. The molecule has 0 aliphatic heterocycles. The van der Waals surface area contributed by atoms with Crippen LogP contribution in [-0.4, -0.2) is 13.2 Å². The van der Waals surface area contributed by atoms with Crippen molar-refractivity contribution in [2.24, 2.45) is 0 Å². The molecular formula is C47H64O2. The van der Waals surface area contributed by atoms with E-state index >= 15 is 0 Å². The van der Waals surface area contributed by atoms with Crippen molar-refractivity contribution in [1.29, 1.82) is 0 Å². The number of unbranched alkanes of at least 4 members (excludes halogenated alkanes) is 17. The molecule has 0 bridgehead atoms. The van der Waals surface area contributed by atoms with Crippen LogP contribution in [0.2, 0.25) is 0 Å². The van der Waals surface area contributed by atoms with Crippen molar-refractivity contribution in [3.8, 4) is 53.1 Å². The predicted molar refractivity (Wildman–Crippen MR) is 211 cm³/mol. The first-order chi connectivity index (χ1) is 24.1. The lowest BCUT2D eigenvalue weighted by atomic mass is 10.0. The summed E-state index contributed by atoms with van der Waals surface area (Å²) >= 11 is 0. The normalized spacial score (nSPS) is 10.1. The fourth-order valence-corrected chi connectivity index (χ4v) is 5.77. The molecule has 0 spiro atoms. The smallest absolute Gasteiger partial charge is 0.135 e. The van der Waals surface area contributed by atoms with Gasteiger partial charge in [0, 0.05) is 17.7 Å². The number of aryl methyl sites for hydroxylation is 2. The summed E-state index contributed by atoms with van der Waals surface area (Å²) in [7, 11) is 0. The summed E-state index contributed by atoms with van der Waals surface area (Å²) in [6.07, 6.45) is 24.9. The topological polar surface area (TPSA) is 18.5 Å². The lowest BCUT2D eigenvalue weighted by molar-refractivity contribution is 0.116. The average Bonchev–Trinajstić information content (AvgIpc) is 3.10. The fourth-order valence-electron chi connectivity index (χ4n) is 5.77. The minimum absolute atomic E-state index is 0.582. The molecule has 0 saturated heterocycles. The van der Waals surface area contributed by atoms with E-state index in [0.717, 1.165) is 47.5 Å². The average molecular weight is 661 g/mol. The van der Waals surface area contributed by atoms with E-state index < -0.39 is 0 Å². The minimum Gasteiger partial charge on any atom is -0.492 e. The van der Waals surface area contributed by atoms with Crippen LogP contribution in [0.3, 0.4) is 0 Å². The largest absolute Gasteiger partial charge is 0.492 e. The van der Waals surface area contributed by atoms with Gasteiger partial charge in [-0.25, -0.2) is 0 Å². The molecule has 2 aromatic rings. The zero-order chi connectivity index (χ0) is 35.2. The molecule has 0 N–H and O–H groups in total. The fraction of sp³-hybridized carbons (Fsp3) is 0.574. The van der Waals surface area contributed by atoms with Gasteiger partial charge in [0.2, 0.25) is 0 Å². The molecular weight excluding hydrogens is 597 g/mol. The molecule has 0 amide bonds. The number of rotatable bonds is 24. The van der Waals surface area contributed by atoms with E-state index in [4.69, 9.17) is 9.47 Å². The van der Waals surface area contributed by atoms with Crippen LogP contribution in [-0.2, 0) is 11.3 Å². The van der Waals surface area contributed by atoms with Crippen molar-refractivity contribution in [3.05, 3.63) is 63.7 Å². The SMILES string of the molecule is CC#CC#Cc1cc(C#CC#Cc2cc(C)c(C)cc2COCCCCCCCCCCC)ccc1OCCCCCCCCCCCC. The molecule has 0 atom stereocenters. The maximum absolute atomic E-state index is 6.15.